The molecule has 23 heavy (non-hydrogen) atoms. The monoisotopic (exact) mass is 329 g/mol. The first-order valence-electron chi connectivity index (χ1n) is 7.57. The van der Waals surface area contributed by atoms with Crippen molar-refractivity contribution in [2.24, 2.45) is 0 Å². The minimum Gasteiger partial charge on any atom is -0.302 e. The molecule has 2 aromatic carbocycles. The second-order valence-electron chi connectivity index (χ2n) is 6.04. The number of nitrogens with zero attached hydrogens (tertiary/aromatic N) is 1. The number of aryl methyl sites for hydroxylation is 1. The SMILES string of the molecule is Cc1ccc(S(=O)(=O)N2CCC(C=O)(c3ccccc3)C2)cc1. The normalized spacial score (nSPS) is 22.1. The van der Waals surface area contributed by atoms with Gasteiger partial charge in [-0.2, -0.15) is 4.31 Å². The predicted molar refractivity (Wildman–Crippen MR) is 88.7 cm³/mol. The minimum absolute atomic E-state index is 0.191. The highest BCUT2D eigenvalue weighted by molar-refractivity contribution is 7.89. The Morgan fingerprint density at radius 1 is 1.04 bits per heavy atom. The largest absolute Gasteiger partial charge is 0.302 e. The summed E-state index contributed by atoms with van der Waals surface area (Å²) in [5.74, 6) is 0. The van der Waals surface area contributed by atoms with Crippen molar-refractivity contribution in [2.45, 2.75) is 23.7 Å². The Morgan fingerprint density at radius 2 is 1.70 bits per heavy atom. The van der Waals surface area contributed by atoms with Crippen LogP contribution in [-0.2, 0) is 20.2 Å². The molecule has 0 bridgehead atoms. The van der Waals surface area contributed by atoms with E-state index in [1.807, 2.05) is 37.3 Å². The standard InChI is InChI=1S/C18H19NO3S/c1-15-7-9-17(10-8-15)23(21,22)19-12-11-18(13-19,14-20)16-5-3-2-4-6-16/h2-10,14H,11-13H2,1H3. The molecule has 1 heterocycles. The summed E-state index contributed by atoms with van der Waals surface area (Å²) in [5.41, 5.74) is 1.13. The summed E-state index contributed by atoms with van der Waals surface area (Å²) in [7, 11) is -3.57. The van der Waals surface area contributed by atoms with E-state index < -0.39 is 15.4 Å². The molecule has 0 aromatic heterocycles. The number of sulfonamides is 1. The maximum Gasteiger partial charge on any atom is 0.243 e. The fourth-order valence-corrected chi connectivity index (χ4v) is 4.54. The Kier molecular flexibility index (Phi) is 4.08. The van der Waals surface area contributed by atoms with Crippen LogP contribution in [0.25, 0.3) is 0 Å². The van der Waals surface area contributed by atoms with Gasteiger partial charge in [-0.25, -0.2) is 8.42 Å². The smallest absolute Gasteiger partial charge is 0.243 e. The molecule has 5 heteroatoms. The number of benzene rings is 2. The number of hydrogen-bond acceptors (Lipinski definition) is 3. The molecular weight excluding hydrogens is 310 g/mol. The zero-order chi connectivity index (χ0) is 16.5. The van der Waals surface area contributed by atoms with Crippen LogP contribution in [-0.4, -0.2) is 32.1 Å². The molecule has 1 saturated heterocycles. The van der Waals surface area contributed by atoms with Crippen LogP contribution < -0.4 is 0 Å². The fourth-order valence-electron chi connectivity index (χ4n) is 3.03. The molecule has 1 atom stereocenters. The lowest BCUT2D eigenvalue weighted by atomic mass is 9.81. The van der Waals surface area contributed by atoms with Crippen molar-refractivity contribution in [2.75, 3.05) is 13.1 Å². The first-order chi connectivity index (χ1) is 11.0. The molecule has 1 aliphatic rings. The van der Waals surface area contributed by atoms with Gasteiger partial charge in [-0.05, 0) is 31.0 Å². The quantitative estimate of drug-likeness (QED) is 0.810. The zero-order valence-corrected chi connectivity index (χ0v) is 13.8. The van der Waals surface area contributed by atoms with Crippen molar-refractivity contribution >= 4 is 16.3 Å². The first-order valence-corrected chi connectivity index (χ1v) is 9.01. The van der Waals surface area contributed by atoms with Gasteiger partial charge in [-0.15, -0.1) is 0 Å². The molecule has 0 aliphatic carbocycles. The average Bonchev–Trinajstić information content (AvgIpc) is 3.03. The summed E-state index contributed by atoms with van der Waals surface area (Å²) < 4.78 is 27.0. The van der Waals surface area contributed by atoms with E-state index in [0.717, 1.165) is 17.4 Å². The van der Waals surface area contributed by atoms with Crippen LogP contribution in [0.4, 0.5) is 0 Å². The summed E-state index contributed by atoms with van der Waals surface area (Å²) in [6.07, 6.45) is 1.40. The molecule has 0 saturated carbocycles. The van der Waals surface area contributed by atoms with Crippen molar-refractivity contribution < 1.29 is 13.2 Å². The van der Waals surface area contributed by atoms with Gasteiger partial charge in [0.25, 0.3) is 0 Å². The number of carbonyl (C=O) groups excluding carboxylic acids is 1. The second kappa shape index (κ2) is 5.91. The Balaban J connectivity index is 1.92. The van der Waals surface area contributed by atoms with Crippen LogP contribution >= 0.6 is 0 Å². The third kappa shape index (κ3) is 2.82. The van der Waals surface area contributed by atoms with Gasteiger partial charge in [0.15, 0.2) is 0 Å². The maximum atomic E-state index is 12.8. The van der Waals surface area contributed by atoms with Crippen LogP contribution in [0.5, 0.6) is 0 Å². The Labute approximate surface area is 136 Å². The summed E-state index contributed by atoms with van der Waals surface area (Å²) in [4.78, 5) is 12.0. The van der Waals surface area contributed by atoms with E-state index in [9.17, 15) is 13.2 Å². The van der Waals surface area contributed by atoms with Crippen LogP contribution in [0.3, 0.4) is 0 Å². The Bertz CT molecular complexity index is 800. The van der Waals surface area contributed by atoms with Crippen molar-refractivity contribution in [1.82, 2.24) is 4.31 Å². The zero-order valence-electron chi connectivity index (χ0n) is 13.0. The molecule has 0 N–H and O–H groups in total. The van der Waals surface area contributed by atoms with E-state index in [2.05, 4.69) is 0 Å². The maximum absolute atomic E-state index is 12.8. The summed E-state index contributed by atoms with van der Waals surface area (Å²) in [5, 5.41) is 0. The lowest BCUT2D eigenvalue weighted by Crippen LogP contribution is -2.35. The molecule has 4 nitrogen and oxygen atoms in total. The van der Waals surface area contributed by atoms with E-state index >= 15 is 0 Å². The molecule has 0 spiro atoms. The first kappa shape index (κ1) is 15.9. The van der Waals surface area contributed by atoms with E-state index in [-0.39, 0.29) is 11.4 Å². The molecule has 120 valence electrons. The topological polar surface area (TPSA) is 54.5 Å². The third-order valence-electron chi connectivity index (χ3n) is 4.50. The molecular formula is C18H19NO3S. The summed E-state index contributed by atoms with van der Waals surface area (Å²) in [6, 6.07) is 16.2. The van der Waals surface area contributed by atoms with E-state index in [1.165, 1.54) is 4.31 Å². The van der Waals surface area contributed by atoms with Crippen LogP contribution in [0.2, 0.25) is 0 Å². The highest BCUT2D eigenvalue weighted by Gasteiger charge is 2.44. The van der Waals surface area contributed by atoms with Crippen molar-refractivity contribution in [3.05, 3.63) is 65.7 Å². The minimum atomic E-state index is -3.57. The molecule has 1 fully saturated rings. The second-order valence-corrected chi connectivity index (χ2v) is 7.98. The third-order valence-corrected chi connectivity index (χ3v) is 6.36. The van der Waals surface area contributed by atoms with Crippen LogP contribution in [0.1, 0.15) is 17.5 Å². The Hall–Kier alpha value is -1.98. The lowest BCUT2D eigenvalue weighted by molar-refractivity contribution is -0.112. The molecule has 0 radical (unpaired) electrons. The van der Waals surface area contributed by atoms with Gasteiger partial charge in [-0.3, -0.25) is 0 Å². The highest BCUT2D eigenvalue weighted by atomic mass is 32.2. The van der Waals surface area contributed by atoms with Gasteiger partial charge < -0.3 is 4.79 Å². The predicted octanol–water partition coefficient (Wildman–Crippen LogP) is 2.53. The van der Waals surface area contributed by atoms with Gasteiger partial charge in [0.1, 0.15) is 6.29 Å². The number of aldehydes is 1. The highest BCUT2D eigenvalue weighted by Crippen LogP contribution is 2.35. The number of rotatable bonds is 4. The van der Waals surface area contributed by atoms with Crippen LogP contribution in [0.15, 0.2) is 59.5 Å². The van der Waals surface area contributed by atoms with Crippen molar-refractivity contribution in [3.8, 4) is 0 Å². The van der Waals surface area contributed by atoms with Gasteiger partial charge >= 0.3 is 0 Å². The molecule has 3 rings (SSSR count). The molecule has 2 aromatic rings. The Morgan fingerprint density at radius 3 is 2.30 bits per heavy atom. The average molecular weight is 329 g/mol. The van der Waals surface area contributed by atoms with Gasteiger partial charge in [0.2, 0.25) is 10.0 Å². The molecule has 1 unspecified atom stereocenters. The van der Waals surface area contributed by atoms with Gasteiger partial charge in [-0.1, -0.05) is 48.0 Å². The molecule has 0 amide bonds. The van der Waals surface area contributed by atoms with Gasteiger partial charge in [0, 0.05) is 13.1 Å². The number of carbonyl (C=O) groups is 1. The van der Waals surface area contributed by atoms with E-state index in [0.29, 0.717) is 13.0 Å². The van der Waals surface area contributed by atoms with E-state index in [1.54, 1.807) is 24.3 Å². The van der Waals surface area contributed by atoms with Crippen molar-refractivity contribution in [3.63, 3.8) is 0 Å². The van der Waals surface area contributed by atoms with Gasteiger partial charge in [0.05, 0.1) is 10.3 Å². The molecule has 1 aliphatic heterocycles. The summed E-state index contributed by atoms with van der Waals surface area (Å²) in [6.45, 7) is 2.46. The van der Waals surface area contributed by atoms with Crippen molar-refractivity contribution in [1.29, 1.82) is 0 Å². The van der Waals surface area contributed by atoms with Crippen LogP contribution in [0, 0.1) is 6.92 Å². The van der Waals surface area contributed by atoms with E-state index in [4.69, 9.17) is 0 Å². The number of hydrogen-bond donors (Lipinski definition) is 0. The lowest BCUT2D eigenvalue weighted by Gasteiger charge is -2.23. The summed E-state index contributed by atoms with van der Waals surface area (Å²) >= 11 is 0. The fraction of sp³-hybridized carbons (Fsp3) is 0.278.